The first-order valence-electron chi connectivity index (χ1n) is 5.03. The molecule has 1 aromatic rings. The summed E-state index contributed by atoms with van der Waals surface area (Å²) >= 11 is 0. The number of hydrazine groups is 1. The number of nitrogens with zero attached hydrogens (tertiary/aromatic N) is 1. The number of carbonyl (C=O) groups is 2. The van der Waals surface area contributed by atoms with Gasteiger partial charge in [0.25, 0.3) is 11.8 Å². The van der Waals surface area contributed by atoms with Crippen LogP contribution in [0.3, 0.4) is 0 Å². The Labute approximate surface area is 103 Å². The maximum Gasteiger partial charge on any atom is 0.271 e. The van der Waals surface area contributed by atoms with Gasteiger partial charge >= 0.3 is 0 Å². The second-order valence-electron chi connectivity index (χ2n) is 3.49. The van der Waals surface area contributed by atoms with Crippen molar-refractivity contribution in [1.82, 2.24) is 10.4 Å². The zero-order valence-corrected chi connectivity index (χ0v) is 9.77. The SMILES string of the molecule is Cc1cc(CO)c(C(=O)NN)c(OCC(N)=O)n1. The van der Waals surface area contributed by atoms with Gasteiger partial charge in [-0.15, -0.1) is 0 Å². The number of rotatable bonds is 5. The van der Waals surface area contributed by atoms with E-state index >= 15 is 0 Å². The minimum Gasteiger partial charge on any atom is -0.467 e. The normalized spacial score (nSPS) is 9.94. The van der Waals surface area contributed by atoms with Crippen molar-refractivity contribution >= 4 is 11.8 Å². The van der Waals surface area contributed by atoms with Crippen LogP contribution in [0, 0.1) is 6.92 Å². The third kappa shape index (κ3) is 3.15. The Kier molecular flexibility index (Phi) is 4.58. The Bertz CT molecular complexity index is 475. The number of ether oxygens (including phenoxy) is 1. The van der Waals surface area contributed by atoms with Gasteiger partial charge in [-0.3, -0.25) is 15.0 Å². The van der Waals surface area contributed by atoms with E-state index in [1.165, 1.54) is 6.07 Å². The van der Waals surface area contributed by atoms with Gasteiger partial charge in [0.1, 0.15) is 5.56 Å². The van der Waals surface area contributed by atoms with Crippen LogP contribution in [0.2, 0.25) is 0 Å². The molecule has 98 valence electrons. The average molecular weight is 254 g/mol. The zero-order chi connectivity index (χ0) is 13.7. The lowest BCUT2D eigenvalue weighted by Crippen LogP contribution is -2.32. The number of amides is 2. The zero-order valence-electron chi connectivity index (χ0n) is 9.77. The number of nitrogens with two attached hydrogens (primary N) is 2. The van der Waals surface area contributed by atoms with Crippen LogP contribution in [0.1, 0.15) is 21.6 Å². The number of pyridine rings is 1. The van der Waals surface area contributed by atoms with Gasteiger partial charge in [0, 0.05) is 5.69 Å². The molecular formula is C10H14N4O4. The highest BCUT2D eigenvalue weighted by Gasteiger charge is 2.19. The minimum atomic E-state index is -0.706. The largest absolute Gasteiger partial charge is 0.467 e. The van der Waals surface area contributed by atoms with Crippen LogP contribution in [-0.4, -0.2) is 28.5 Å². The number of hydrogen-bond donors (Lipinski definition) is 4. The lowest BCUT2D eigenvalue weighted by atomic mass is 10.1. The highest BCUT2D eigenvalue weighted by Crippen LogP contribution is 2.21. The Morgan fingerprint density at radius 1 is 1.56 bits per heavy atom. The summed E-state index contributed by atoms with van der Waals surface area (Å²) in [6, 6.07) is 1.52. The molecule has 0 aliphatic rings. The summed E-state index contributed by atoms with van der Waals surface area (Å²) in [6.45, 7) is 0.839. The summed E-state index contributed by atoms with van der Waals surface area (Å²) in [5, 5.41) is 9.19. The van der Waals surface area contributed by atoms with Crippen molar-refractivity contribution in [1.29, 1.82) is 0 Å². The Hall–Kier alpha value is -2.19. The van der Waals surface area contributed by atoms with Crippen molar-refractivity contribution in [3.8, 4) is 5.88 Å². The Morgan fingerprint density at radius 2 is 2.22 bits per heavy atom. The van der Waals surface area contributed by atoms with Crippen LogP contribution in [-0.2, 0) is 11.4 Å². The van der Waals surface area contributed by atoms with Gasteiger partial charge in [0.05, 0.1) is 6.61 Å². The topological polar surface area (TPSA) is 141 Å². The molecule has 0 bridgehead atoms. The quantitative estimate of drug-likeness (QED) is 0.282. The van der Waals surface area contributed by atoms with Gasteiger partial charge in [-0.2, -0.15) is 0 Å². The number of aliphatic hydroxyl groups is 1. The molecule has 1 heterocycles. The van der Waals surface area contributed by atoms with E-state index in [1.54, 1.807) is 6.92 Å². The van der Waals surface area contributed by atoms with Crippen molar-refractivity contribution in [2.24, 2.45) is 11.6 Å². The lowest BCUT2D eigenvalue weighted by molar-refractivity contribution is -0.120. The van der Waals surface area contributed by atoms with Gasteiger partial charge in [0.2, 0.25) is 5.88 Å². The molecule has 0 radical (unpaired) electrons. The average Bonchev–Trinajstić information content (AvgIpc) is 2.34. The predicted octanol–water partition coefficient (Wildman–Crippen LogP) is -1.65. The number of aliphatic hydroxyl groups excluding tert-OH is 1. The van der Waals surface area contributed by atoms with E-state index in [0.29, 0.717) is 11.3 Å². The molecule has 0 unspecified atom stereocenters. The number of nitrogens with one attached hydrogen (secondary N) is 1. The van der Waals surface area contributed by atoms with E-state index in [9.17, 15) is 14.7 Å². The molecule has 2 amide bonds. The molecule has 1 aromatic heterocycles. The molecule has 0 fully saturated rings. The summed E-state index contributed by atoms with van der Waals surface area (Å²) in [5.74, 6) is 3.56. The van der Waals surface area contributed by atoms with Crippen LogP contribution in [0.4, 0.5) is 0 Å². The van der Waals surface area contributed by atoms with Gasteiger partial charge in [-0.05, 0) is 18.6 Å². The van der Waals surface area contributed by atoms with Crippen molar-refractivity contribution in [3.63, 3.8) is 0 Å². The first kappa shape index (κ1) is 13.9. The molecule has 6 N–H and O–H groups in total. The molecule has 0 aromatic carbocycles. The van der Waals surface area contributed by atoms with Crippen LogP contribution in [0.5, 0.6) is 5.88 Å². The lowest BCUT2D eigenvalue weighted by Gasteiger charge is -2.12. The summed E-state index contributed by atoms with van der Waals surface area (Å²) in [7, 11) is 0. The maximum absolute atomic E-state index is 11.6. The predicted molar refractivity (Wildman–Crippen MR) is 61.2 cm³/mol. The number of nitrogen functional groups attached to an aromatic ring is 1. The molecule has 18 heavy (non-hydrogen) atoms. The Balaban J connectivity index is 3.23. The highest BCUT2D eigenvalue weighted by atomic mass is 16.5. The van der Waals surface area contributed by atoms with Crippen LogP contribution in [0.25, 0.3) is 0 Å². The number of aryl methyl sites for hydroxylation is 1. The van der Waals surface area contributed by atoms with Gasteiger partial charge in [0.15, 0.2) is 6.61 Å². The molecule has 0 saturated heterocycles. The molecule has 8 heteroatoms. The van der Waals surface area contributed by atoms with Crippen molar-refractivity contribution in [2.75, 3.05) is 6.61 Å². The smallest absolute Gasteiger partial charge is 0.271 e. The first-order valence-corrected chi connectivity index (χ1v) is 5.03. The summed E-state index contributed by atoms with van der Waals surface area (Å²) < 4.78 is 5.03. The molecule has 0 aliphatic carbocycles. The molecule has 0 saturated carbocycles. The molecule has 0 atom stereocenters. The van der Waals surface area contributed by atoms with Gasteiger partial charge in [-0.25, -0.2) is 10.8 Å². The van der Waals surface area contributed by atoms with Crippen LogP contribution in [0.15, 0.2) is 6.07 Å². The van der Waals surface area contributed by atoms with E-state index in [-0.39, 0.29) is 18.1 Å². The summed E-state index contributed by atoms with van der Waals surface area (Å²) in [5.41, 5.74) is 7.65. The number of primary amides is 1. The molecule has 8 nitrogen and oxygen atoms in total. The minimum absolute atomic E-state index is 0.0214. The maximum atomic E-state index is 11.6. The van der Waals surface area contributed by atoms with E-state index in [1.807, 2.05) is 5.43 Å². The van der Waals surface area contributed by atoms with Crippen molar-refractivity contribution < 1.29 is 19.4 Å². The second kappa shape index (κ2) is 5.94. The van der Waals surface area contributed by atoms with Crippen molar-refractivity contribution in [3.05, 3.63) is 22.9 Å². The van der Waals surface area contributed by atoms with E-state index in [2.05, 4.69) is 4.98 Å². The molecular weight excluding hydrogens is 240 g/mol. The Morgan fingerprint density at radius 3 is 2.72 bits per heavy atom. The van der Waals surface area contributed by atoms with E-state index in [4.69, 9.17) is 16.3 Å². The van der Waals surface area contributed by atoms with Crippen LogP contribution < -0.4 is 21.7 Å². The number of hydrogen-bond acceptors (Lipinski definition) is 6. The highest BCUT2D eigenvalue weighted by molar-refractivity contribution is 5.97. The van der Waals surface area contributed by atoms with Crippen molar-refractivity contribution in [2.45, 2.75) is 13.5 Å². The second-order valence-corrected chi connectivity index (χ2v) is 3.49. The van der Waals surface area contributed by atoms with E-state index in [0.717, 1.165) is 0 Å². The number of aromatic nitrogens is 1. The first-order chi connectivity index (χ1) is 8.49. The fourth-order valence-electron chi connectivity index (χ4n) is 1.39. The standard InChI is InChI=1S/C10H14N4O4/c1-5-2-6(3-15)8(9(17)14-12)10(13-5)18-4-7(11)16/h2,15H,3-4,12H2,1H3,(H2,11,16)(H,14,17). The fourth-order valence-corrected chi connectivity index (χ4v) is 1.39. The monoisotopic (exact) mass is 254 g/mol. The molecule has 0 aliphatic heterocycles. The fraction of sp³-hybridized carbons (Fsp3) is 0.300. The summed E-state index contributed by atoms with van der Waals surface area (Å²) in [6.07, 6.45) is 0. The number of carbonyl (C=O) groups excluding carboxylic acids is 2. The molecule has 1 rings (SSSR count). The third-order valence-electron chi connectivity index (χ3n) is 2.08. The third-order valence-corrected chi connectivity index (χ3v) is 2.08. The summed E-state index contributed by atoms with van der Waals surface area (Å²) in [4.78, 5) is 26.2. The van der Waals surface area contributed by atoms with Gasteiger partial charge < -0.3 is 15.6 Å². The van der Waals surface area contributed by atoms with E-state index < -0.39 is 18.4 Å². The van der Waals surface area contributed by atoms with Gasteiger partial charge in [-0.1, -0.05) is 0 Å². The molecule has 0 spiro atoms. The van der Waals surface area contributed by atoms with Crippen LogP contribution >= 0.6 is 0 Å².